The molecule has 2 atom stereocenters. The van der Waals surface area contributed by atoms with E-state index in [9.17, 15) is 4.79 Å². The third kappa shape index (κ3) is 2.05. The minimum absolute atomic E-state index is 0.639. The van der Waals surface area contributed by atoms with Crippen LogP contribution in [-0.4, -0.2) is 32.5 Å². The van der Waals surface area contributed by atoms with Crippen molar-refractivity contribution in [2.75, 3.05) is 31.1 Å². The van der Waals surface area contributed by atoms with Crippen LogP contribution < -0.4 is 10.2 Å². The van der Waals surface area contributed by atoms with Gasteiger partial charge in [0.2, 0.25) is 0 Å². The monoisotopic (exact) mass is 250 g/mol. The summed E-state index contributed by atoms with van der Waals surface area (Å²) < 4.78 is 0. The van der Waals surface area contributed by atoms with Gasteiger partial charge in [-0.1, -0.05) is 11.6 Å². The molecule has 0 spiro atoms. The van der Waals surface area contributed by atoms with Gasteiger partial charge < -0.3 is 10.2 Å². The number of hydrogen-bond donors (Lipinski definition) is 1. The molecule has 90 valence electrons. The number of halogens is 1. The Bertz CT molecular complexity index is 437. The normalized spacial score (nSPS) is 27.2. The van der Waals surface area contributed by atoms with E-state index in [2.05, 4.69) is 10.2 Å². The zero-order valence-corrected chi connectivity index (χ0v) is 10.3. The molecule has 3 nitrogen and oxygen atoms in total. The third-order valence-corrected chi connectivity index (χ3v) is 4.01. The smallest absolute Gasteiger partial charge is 0.150 e. The number of nitrogens with one attached hydrogen (secondary N) is 1. The lowest BCUT2D eigenvalue weighted by Crippen LogP contribution is -2.25. The van der Waals surface area contributed by atoms with Crippen molar-refractivity contribution >= 4 is 23.6 Å². The molecule has 2 aliphatic rings. The van der Waals surface area contributed by atoms with Gasteiger partial charge in [0.15, 0.2) is 0 Å². The molecule has 1 aromatic rings. The molecule has 0 saturated carbocycles. The van der Waals surface area contributed by atoms with Crippen molar-refractivity contribution in [3.8, 4) is 0 Å². The fourth-order valence-electron chi connectivity index (χ4n) is 2.91. The van der Waals surface area contributed by atoms with Crippen LogP contribution in [0.1, 0.15) is 10.4 Å². The zero-order chi connectivity index (χ0) is 11.8. The van der Waals surface area contributed by atoms with E-state index in [1.165, 1.54) is 0 Å². The molecule has 0 radical (unpaired) electrons. The fourth-order valence-corrected chi connectivity index (χ4v) is 3.15. The summed E-state index contributed by atoms with van der Waals surface area (Å²) in [6.45, 7) is 4.36. The summed E-state index contributed by atoms with van der Waals surface area (Å²) in [5.41, 5.74) is 1.73. The van der Waals surface area contributed by atoms with Gasteiger partial charge in [-0.05, 0) is 30.0 Å². The molecule has 1 N–H and O–H groups in total. The van der Waals surface area contributed by atoms with Crippen LogP contribution >= 0.6 is 11.6 Å². The summed E-state index contributed by atoms with van der Waals surface area (Å²) in [5.74, 6) is 1.49. The van der Waals surface area contributed by atoms with Crippen LogP contribution in [0.5, 0.6) is 0 Å². The van der Waals surface area contributed by atoms with Gasteiger partial charge in [0.1, 0.15) is 6.29 Å². The molecule has 2 saturated heterocycles. The van der Waals surface area contributed by atoms with Gasteiger partial charge in [0.05, 0.1) is 0 Å². The SMILES string of the molecule is O=Cc1cc(Cl)cc(N2CC3CNCC3C2)c1. The molecule has 0 amide bonds. The van der Waals surface area contributed by atoms with E-state index in [1.54, 1.807) is 6.07 Å². The van der Waals surface area contributed by atoms with Crippen LogP contribution in [0.3, 0.4) is 0 Å². The quantitative estimate of drug-likeness (QED) is 0.813. The number of anilines is 1. The number of hydrogen-bond acceptors (Lipinski definition) is 3. The molecule has 2 heterocycles. The van der Waals surface area contributed by atoms with Gasteiger partial charge >= 0.3 is 0 Å². The van der Waals surface area contributed by atoms with Crippen LogP contribution in [0, 0.1) is 11.8 Å². The predicted molar refractivity (Wildman–Crippen MR) is 68.9 cm³/mol. The molecule has 4 heteroatoms. The van der Waals surface area contributed by atoms with Crippen molar-refractivity contribution in [3.05, 3.63) is 28.8 Å². The van der Waals surface area contributed by atoms with Crippen LogP contribution in [0.25, 0.3) is 0 Å². The number of rotatable bonds is 2. The lowest BCUT2D eigenvalue weighted by molar-refractivity contribution is 0.112. The Kier molecular flexibility index (Phi) is 2.81. The van der Waals surface area contributed by atoms with Gasteiger partial charge in [-0.15, -0.1) is 0 Å². The number of aldehydes is 1. The lowest BCUT2D eigenvalue weighted by atomic mass is 10.0. The average Bonchev–Trinajstić information content (AvgIpc) is 2.88. The van der Waals surface area contributed by atoms with Gasteiger partial charge in [-0.25, -0.2) is 0 Å². The fraction of sp³-hybridized carbons (Fsp3) is 0.462. The average molecular weight is 251 g/mol. The van der Waals surface area contributed by atoms with Crippen molar-refractivity contribution in [2.24, 2.45) is 11.8 Å². The number of carbonyl (C=O) groups excluding carboxylic acids is 1. The second-order valence-electron chi connectivity index (χ2n) is 4.94. The van der Waals surface area contributed by atoms with Crippen LogP contribution in [0.2, 0.25) is 5.02 Å². The van der Waals surface area contributed by atoms with E-state index in [1.807, 2.05) is 12.1 Å². The van der Waals surface area contributed by atoms with E-state index in [0.29, 0.717) is 10.6 Å². The third-order valence-electron chi connectivity index (χ3n) is 3.80. The van der Waals surface area contributed by atoms with Gasteiger partial charge in [0, 0.05) is 42.5 Å². The molecule has 0 aromatic heterocycles. The van der Waals surface area contributed by atoms with E-state index in [0.717, 1.165) is 50.0 Å². The minimum Gasteiger partial charge on any atom is -0.371 e. The Morgan fingerprint density at radius 3 is 2.59 bits per heavy atom. The summed E-state index contributed by atoms with van der Waals surface area (Å²) in [5, 5.41) is 4.06. The maximum atomic E-state index is 10.8. The van der Waals surface area contributed by atoms with Gasteiger partial charge in [-0.2, -0.15) is 0 Å². The molecular weight excluding hydrogens is 236 g/mol. The Morgan fingerprint density at radius 1 is 1.24 bits per heavy atom. The number of carbonyl (C=O) groups is 1. The first-order valence-corrected chi connectivity index (χ1v) is 6.35. The second-order valence-corrected chi connectivity index (χ2v) is 5.38. The molecular formula is C13H15ClN2O. The van der Waals surface area contributed by atoms with Crippen molar-refractivity contribution in [3.63, 3.8) is 0 Å². The highest BCUT2D eigenvalue weighted by atomic mass is 35.5. The summed E-state index contributed by atoms with van der Waals surface area (Å²) in [6, 6.07) is 5.58. The molecule has 2 aliphatic heterocycles. The molecule has 3 rings (SSSR count). The van der Waals surface area contributed by atoms with Gasteiger partial charge in [0.25, 0.3) is 0 Å². The molecule has 0 aliphatic carbocycles. The summed E-state index contributed by atoms with van der Waals surface area (Å²) in [4.78, 5) is 13.2. The summed E-state index contributed by atoms with van der Waals surface area (Å²) >= 11 is 6.03. The first kappa shape index (κ1) is 11.1. The molecule has 1 aromatic carbocycles. The standard InChI is InChI=1S/C13H15ClN2O/c14-12-1-9(8-17)2-13(3-12)16-6-10-4-15-5-11(10)7-16/h1-3,8,10-11,15H,4-7H2. The maximum Gasteiger partial charge on any atom is 0.150 e. The number of fused-ring (bicyclic) bond motifs is 1. The maximum absolute atomic E-state index is 10.8. The van der Waals surface area contributed by atoms with Crippen LogP contribution in [-0.2, 0) is 0 Å². The van der Waals surface area contributed by atoms with E-state index in [-0.39, 0.29) is 0 Å². The largest absolute Gasteiger partial charge is 0.371 e. The minimum atomic E-state index is 0.639. The first-order chi connectivity index (χ1) is 8.26. The van der Waals surface area contributed by atoms with Crippen LogP contribution in [0.15, 0.2) is 18.2 Å². The van der Waals surface area contributed by atoms with E-state index in [4.69, 9.17) is 11.6 Å². The Morgan fingerprint density at radius 2 is 1.94 bits per heavy atom. The summed E-state index contributed by atoms with van der Waals surface area (Å²) in [6.07, 6.45) is 0.855. The summed E-state index contributed by atoms with van der Waals surface area (Å²) in [7, 11) is 0. The van der Waals surface area contributed by atoms with Crippen molar-refractivity contribution in [2.45, 2.75) is 0 Å². The van der Waals surface area contributed by atoms with E-state index >= 15 is 0 Å². The topological polar surface area (TPSA) is 32.3 Å². The Balaban J connectivity index is 1.85. The van der Waals surface area contributed by atoms with E-state index < -0.39 is 0 Å². The number of benzene rings is 1. The Labute approximate surface area is 106 Å². The Hall–Kier alpha value is -1.06. The highest BCUT2D eigenvalue weighted by Gasteiger charge is 2.36. The predicted octanol–water partition coefficient (Wildman–Crippen LogP) is 1.81. The molecule has 17 heavy (non-hydrogen) atoms. The van der Waals surface area contributed by atoms with Crippen molar-refractivity contribution in [1.29, 1.82) is 0 Å². The van der Waals surface area contributed by atoms with Crippen LogP contribution in [0.4, 0.5) is 5.69 Å². The molecule has 0 bridgehead atoms. The zero-order valence-electron chi connectivity index (χ0n) is 9.53. The molecule has 2 fully saturated rings. The lowest BCUT2D eigenvalue weighted by Gasteiger charge is -2.20. The highest BCUT2D eigenvalue weighted by molar-refractivity contribution is 6.31. The second kappa shape index (κ2) is 4.31. The first-order valence-electron chi connectivity index (χ1n) is 5.97. The van der Waals surface area contributed by atoms with Crippen molar-refractivity contribution < 1.29 is 4.79 Å². The molecule has 2 unspecified atom stereocenters. The highest BCUT2D eigenvalue weighted by Crippen LogP contribution is 2.32. The van der Waals surface area contributed by atoms with Gasteiger partial charge in [-0.3, -0.25) is 4.79 Å². The number of nitrogens with zero attached hydrogens (tertiary/aromatic N) is 1. The van der Waals surface area contributed by atoms with Crippen molar-refractivity contribution in [1.82, 2.24) is 5.32 Å².